The molecule has 1 spiro atoms. The fourth-order valence-corrected chi connectivity index (χ4v) is 2.75. The third kappa shape index (κ3) is 3.02. The molecule has 0 atom stereocenters. The summed E-state index contributed by atoms with van der Waals surface area (Å²) >= 11 is 0. The molecule has 1 N–H and O–H groups in total. The predicted octanol–water partition coefficient (Wildman–Crippen LogP) is 2.57. The molecule has 6 nitrogen and oxygen atoms in total. The Morgan fingerprint density at radius 2 is 2.09 bits per heavy atom. The minimum Gasteiger partial charge on any atom is -0.444 e. The first-order valence-corrected chi connectivity index (χ1v) is 7.56. The number of nitrogens with one attached hydrogen (secondary N) is 1. The van der Waals surface area contributed by atoms with Crippen molar-refractivity contribution in [1.82, 2.24) is 4.98 Å². The number of rotatable bonds is 2. The number of carbonyl (C=O) groups is 1. The maximum Gasteiger partial charge on any atom is 0.412 e. The molecule has 1 aromatic rings. The van der Waals surface area contributed by atoms with Crippen LogP contribution in [0.25, 0.3) is 0 Å². The number of pyridine rings is 1. The second-order valence-electron chi connectivity index (χ2n) is 7.30. The first-order chi connectivity index (χ1) is 10.3. The number of carbonyl (C=O) groups excluding carboxylic acids is 1. The highest BCUT2D eigenvalue weighted by atomic mass is 16.6. The number of nitrogens with zero attached hydrogens (tertiary/aromatic N) is 2. The SMILES string of the molecule is Cc1ncc(N2CC3(COC3)C2)cc1NC(=O)OC(C)(C)C. The summed E-state index contributed by atoms with van der Waals surface area (Å²) in [5, 5.41) is 2.78. The fraction of sp³-hybridized carbons (Fsp3) is 0.625. The van der Waals surface area contributed by atoms with Crippen molar-refractivity contribution in [3.05, 3.63) is 18.0 Å². The van der Waals surface area contributed by atoms with Crippen molar-refractivity contribution >= 4 is 17.5 Å². The lowest BCUT2D eigenvalue weighted by Crippen LogP contribution is -2.66. The Bertz CT molecular complexity index is 583. The predicted molar refractivity (Wildman–Crippen MR) is 84.3 cm³/mol. The highest BCUT2D eigenvalue weighted by Gasteiger charge is 2.49. The van der Waals surface area contributed by atoms with Gasteiger partial charge in [0.2, 0.25) is 0 Å². The van der Waals surface area contributed by atoms with Crippen molar-refractivity contribution < 1.29 is 14.3 Å². The Kier molecular flexibility index (Phi) is 3.51. The first kappa shape index (κ1) is 15.1. The van der Waals surface area contributed by atoms with Crippen LogP contribution in [-0.2, 0) is 9.47 Å². The van der Waals surface area contributed by atoms with Gasteiger partial charge in [-0.05, 0) is 33.8 Å². The molecule has 0 aliphatic carbocycles. The number of anilines is 2. The van der Waals surface area contributed by atoms with E-state index in [1.807, 2.05) is 40.0 Å². The van der Waals surface area contributed by atoms with E-state index in [-0.39, 0.29) is 0 Å². The number of amides is 1. The lowest BCUT2D eigenvalue weighted by atomic mass is 9.78. The Morgan fingerprint density at radius 3 is 2.64 bits per heavy atom. The highest BCUT2D eigenvalue weighted by molar-refractivity contribution is 5.86. The van der Waals surface area contributed by atoms with Crippen LogP contribution < -0.4 is 10.2 Å². The molecule has 2 fully saturated rings. The minimum atomic E-state index is -0.517. The lowest BCUT2D eigenvalue weighted by Gasteiger charge is -2.55. The van der Waals surface area contributed by atoms with Gasteiger partial charge in [0.05, 0.1) is 41.9 Å². The average molecular weight is 305 g/mol. The summed E-state index contributed by atoms with van der Waals surface area (Å²) in [6, 6.07) is 1.96. The van der Waals surface area contributed by atoms with Crippen LogP contribution in [0.4, 0.5) is 16.2 Å². The first-order valence-electron chi connectivity index (χ1n) is 7.56. The van der Waals surface area contributed by atoms with Crippen molar-refractivity contribution in [1.29, 1.82) is 0 Å². The molecule has 0 aromatic carbocycles. The summed E-state index contributed by atoms with van der Waals surface area (Å²) < 4.78 is 10.6. The van der Waals surface area contributed by atoms with Gasteiger partial charge in [0.25, 0.3) is 0 Å². The molecule has 0 saturated carbocycles. The van der Waals surface area contributed by atoms with Crippen LogP contribution in [0.3, 0.4) is 0 Å². The maximum absolute atomic E-state index is 11.9. The van der Waals surface area contributed by atoms with Crippen LogP contribution >= 0.6 is 0 Å². The van der Waals surface area contributed by atoms with Gasteiger partial charge in [-0.25, -0.2) is 4.79 Å². The van der Waals surface area contributed by atoms with Gasteiger partial charge < -0.3 is 14.4 Å². The average Bonchev–Trinajstić information content (AvgIpc) is 2.26. The molecule has 2 aliphatic rings. The zero-order valence-electron chi connectivity index (χ0n) is 13.6. The molecule has 0 radical (unpaired) electrons. The second-order valence-corrected chi connectivity index (χ2v) is 7.30. The monoisotopic (exact) mass is 305 g/mol. The molecule has 2 saturated heterocycles. The highest BCUT2D eigenvalue weighted by Crippen LogP contribution is 2.40. The van der Waals surface area contributed by atoms with Crippen molar-refractivity contribution in [2.45, 2.75) is 33.3 Å². The number of ether oxygens (including phenoxy) is 2. The van der Waals surface area contributed by atoms with Crippen molar-refractivity contribution in [2.75, 3.05) is 36.5 Å². The molecule has 3 rings (SSSR count). The van der Waals surface area contributed by atoms with Crippen LogP contribution in [-0.4, -0.2) is 43.0 Å². The quantitative estimate of drug-likeness (QED) is 0.910. The zero-order chi connectivity index (χ0) is 16.0. The van der Waals surface area contributed by atoms with Gasteiger partial charge in [-0.15, -0.1) is 0 Å². The van der Waals surface area contributed by atoms with Gasteiger partial charge in [0.15, 0.2) is 0 Å². The maximum atomic E-state index is 11.9. The third-order valence-corrected chi connectivity index (χ3v) is 3.94. The molecule has 0 unspecified atom stereocenters. The van der Waals surface area contributed by atoms with Gasteiger partial charge in [-0.2, -0.15) is 0 Å². The van der Waals surface area contributed by atoms with E-state index in [9.17, 15) is 4.79 Å². The van der Waals surface area contributed by atoms with E-state index in [2.05, 4.69) is 15.2 Å². The van der Waals surface area contributed by atoms with E-state index >= 15 is 0 Å². The van der Waals surface area contributed by atoms with E-state index in [4.69, 9.17) is 9.47 Å². The molecule has 3 heterocycles. The second kappa shape index (κ2) is 5.12. The lowest BCUT2D eigenvalue weighted by molar-refractivity contribution is -0.127. The fourth-order valence-electron chi connectivity index (χ4n) is 2.75. The normalized spacial score (nSPS) is 19.4. The van der Waals surface area contributed by atoms with E-state index < -0.39 is 11.7 Å². The summed E-state index contributed by atoms with van der Waals surface area (Å²) in [4.78, 5) is 18.6. The van der Waals surface area contributed by atoms with E-state index in [1.165, 1.54) is 0 Å². The number of aryl methyl sites for hydroxylation is 1. The Balaban J connectivity index is 1.67. The van der Waals surface area contributed by atoms with Crippen molar-refractivity contribution in [2.24, 2.45) is 5.41 Å². The largest absolute Gasteiger partial charge is 0.444 e. The molecule has 0 bridgehead atoms. The molecule has 1 amide bonds. The van der Waals surface area contributed by atoms with Gasteiger partial charge in [-0.3, -0.25) is 10.3 Å². The number of hydrogen-bond donors (Lipinski definition) is 1. The van der Waals surface area contributed by atoms with Crippen LogP contribution in [0.15, 0.2) is 12.3 Å². The van der Waals surface area contributed by atoms with Gasteiger partial charge in [0.1, 0.15) is 5.60 Å². The number of aromatic nitrogens is 1. The third-order valence-electron chi connectivity index (χ3n) is 3.94. The summed E-state index contributed by atoms with van der Waals surface area (Å²) in [6.45, 7) is 11.1. The Hall–Kier alpha value is -1.82. The van der Waals surface area contributed by atoms with Crippen molar-refractivity contribution in [3.63, 3.8) is 0 Å². The van der Waals surface area contributed by atoms with Crippen LogP contribution in [0.2, 0.25) is 0 Å². The summed E-state index contributed by atoms with van der Waals surface area (Å²) in [5.74, 6) is 0. The van der Waals surface area contributed by atoms with Crippen molar-refractivity contribution in [3.8, 4) is 0 Å². The molecule has 1 aromatic heterocycles. The van der Waals surface area contributed by atoms with Crippen LogP contribution in [0.1, 0.15) is 26.5 Å². The molecular formula is C16H23N3O3. The smallest absolute Gasteiger partial charge is 0.412 e. The van der Waals surface area contributed by atoms with Gasteiger partial charge in [0, 0.05) is 13.1 Å². The number of hydrogen-bond acceptors (Lipinski definition) is 5. The van der Waals surface area contributed by atoms with E-state index in [1.54, 1.807) is 0 Å². The Labute approximate surface area is 130 Å². The van der Waals surface area contributed by atoms with E-state index in [0.717, 1.165) is 37.7 Å². The standard InChI is InChI=1S/C16H23N3O3/c1-11-13(18-14(20)22-15(2,3)4)5-12(6-17-11)19-7-16(8-19)9-21-10-16/h5-6H,7-10H2,1-4H3,(H,18,20). The van der Waals surface area contributed by atoms with Crippen LogP contribution in [0, 0.1) is 12.3 Å². The Morgan fingerprint density at radius 1 is 1.41 bits per heavy atom. The summed E-state index contributed by atoms with van der Waals surface area (Å²) in [7, 11) is 0. The van der Waals surface area contributed by atoms with Crippen LogP contribution in [0.5, 0.6) is 0 Å². The molecule has 120 valence electrons. The van der Waals surface area contributed by atoms with E-state index in [0.29, 0.717) is 11.1 Å². The summed E-state index contributed by atoms with van der Waals surface area (Å²) in [5.41, 5.74) is 2.32. The molecule has 6 heteroatoms. The van der Waals surface area contributed by atoms with Gasteiger partial charge in [-0.1, -0.05) is 0 Å². The topological polar surface area (TPSA) is 63.7 Å². The minimum absolute atomic E-state index is 0.351. The summed E-state index contributed by atoms with van der Waals surface area (Å²) in [6.07, 6.45) is 1.39. The molecule has 2 aliphatic heterocycles. The van der Waals surface area contributed by atoms with Gasteiger partial charge >= 0.3 is 6.09 Å². The zero-order valence-corrected chi connectivity index (χ0v) is 13.6. The molecule has 22 heavy (non-hydrogen) atoms. The molecular weight excluding hydrogens is 282 g/mol.